The van der Waals surface area contributed by atoms with Crippen LogP contribution in [0.5, 0.6) is 0 Å². The van der Waals surface area contributed by atoms with E-state index in [1.807, 2.05) is 18.4 Å². The molecule has 0 bridgehead atoms. The Kier molecular flexibility index (Phi) is 4.43. The molecule has 1 aromatic rings. The number of rotatable bonds is 4. The van der Waals surface area contributed by atoms with Crippen molar-refractivity contribution in [1.82, 2.24) is 0 Å². The Morgan fingerprint density at radius 2 is 2.33 bits per heavy atom. The predicted octanol–water partition coefficient (Wildman–Crippen LogP) is 3.23. The monoisotopic (exact) mass is 222 g/mol. The minimum atomic E-state index is -0.266. The summed E-state index contributed by atoms with van der Waals surface area (Å²) >= 11 is 1.53. The number of benzene rings is 1. The minimum Gasteiger partial charge on any atom is -0.462 e. The van der Waals surface area contributed by atoms with Gasteiger partial charge in [0, 0.05) is 4.90 Å². The van der Waals surface area contributed by atoms with Crippen molar-refractivity contribution < 1.29 is 9.53 Å². The molecule has 0 saturated carbocycles. The van der Waals surface area contributed by atoms with Crippen molar-refractivity contribution in [1.29, 1.82) is 0 Å². The van der Waals surface area contributed by atoms with E-state index in [-0.39, 0.29) is 5.97 Å². The molecule has 80 valence electrons. The summed E-state index contributed by atoms with van der Waals surface area (Å²) in [6.07, 6.45) is 3.69. The zero-order chi connectivity index (χ0) is 11.3. The largest absolute Gasteiger partial charge is 0.462 e. The van der Waals surface area contributed by atoms with Gasteiger partial charge in [-0.15, -0.1) is 11.8 Å². The Balaban J connectivity index is 3.07. The Hall–Kier alpha value is -1.22. The molecular formula is C12H14O2S. The molecule has 0 spiro atoms. The second-order valence-electron chi connectivity index (χ2n) is 2.88. The summed E-state index contributed by atoms with van der Waals surface area (Å²) in [5, 5.41) is 0. The van der Waals surface area contributed by atoms with Gasteiger partial charge in [0.05, 0.1) is 12.2 Å². The van der Waals surface area contributed by atoms with E-state index in [0.717, 1.165) is 10.5 Å². The second-order valence-corrected chi connectivity index (χ2v) is 3.73. The van der Waals surface area contributed by atoms with Crippen LogP contribution in [-0.2, 0) is 4.74 Å². The van der Waals surface area contributed by atoms with E-state index in [4.69, 9.17) is 4.74 Å². The molecule has 0 heterocycles. The van der Waals surface area contributed by atoms with Crippen LogP contribution in [0.4, 0.5) is 0 Å². The Bertz CT molecular complexity index is 372. The smallest absolute Gasteiger partial charge is 0.339 e. The van der Waals surface area contributed by atoms with Crippen LogP contribution in [0.15, 0.2) is 29.7 Å². The van der Waals surface area contributed by atoms with Crippen LogP contribution in [0, 0.1) is 0 Å². The minimum absolute atomic E-state index is 0.266. The Morgan fingerprint density at radius 1 is 1.60 bits per heavy atom. The van der Waals surface area contributed by atoms with Crippen LogP contribution in [0.3, 0.4) is 0 Å². The molecular weight excluding hydrogens is 208 g/mol. The molecule has 0 amide bonds. The third-order valence-electron chi connectivity index (χ3n) is 1.96. The molecule has 0 aromatic heterocycles. The molecule has 1 rings (SSSR count). The van der Waals surface area contributed by atoms with E-state index in [1.165, 1.54) is 11.8 Å². The van der Waals surface area contributed by atoms with Gasteiger partial charge in [-0.25, -0.2) is 4.79 Å². The quantitative estimate of drug-likeness (QED) is 0.578. The van der Waals surface area contributed by atoms with Gasteiger partial charge in [0.15, 0.2) is 0 Å². The number of carbonyl (C=O) groups excluding carboxylic acids is 1. The molecule has 0 fully saturated rings. The number of thioether (sulfide) groups is 1. The molecule has 0 aliphatic carbocycles. The van der Waals surface area contributed by atoms with Crippen LogP contribution in [0.25, 0.3) is 6.08 Å². The van der Waals surface area contributed by atoms with E-state index in [1.54, 1.807) is 19.1 Å². The molecule has 2 nitrogen and oxygen atoms in total. The summed E-state index contributed by atoms with van der Waals surface area (Å²) in [6, 6.07) is 5.57. The Labute approximate surface area is 94.3 Å². The summed E-state index contributed by atoms with van der Waals surface area (Å²) in [6.45, 7) is 5.89. The standard InChI is InChI=1S/C12H14O2S/c1-4-9-6-7-10(11(8-9)15-3)12(13)14-5-2/h4,6-8H,1,5H2,2-3H3. The highest BCUT2D eigenvalue weighted by atomic mass is 32.2. The number of carbonyl (C=O) groups is 1. The molecule has 0 radical (unpaired) electrons. The maximum atomic E-state index is 11.6. The number of ether oxygens (including phenoxy) is 1. The number of hydrogen-bond donors (Lipinski definition) is 0. The predicted molar refractivity (Wildman–Crippen MR) is 64.3 cm³/mol. The first-order valence-electron chi connectivity index (χ1n) is 4.70. The molecule has 0 atom stereocenters. The summed E-state index contributed by atoms with van der Waals surface area (Å²) < 4.78 is 4.97. The van der Waals surface area contributed by atoms with Crippen molar-refractivity contribution in [3.05, 3.63) is 35.9 Å². The van der Waals surface area contributed by atoms with Crippen LogP contribution in [0.1, 0.15) is 22.8 Å². The third kappa shape index (κ3) is 2.86. The van der Waals surface area contributed by atoms with Crippen LogP contribution >= 0.6 is 11.8 Å². The van der Waals surface area contributed by atoms with Crippen molar-refractivity contribution >= 4 is 23.8 Å². The van der Waals surface area contributed by atoms with Crippen molar-refractivity contribution in [2.75, 3.05) is 12.9 Å². The zero-order valence-electron chi connectivity index (χ0n) is 8.95. The van der Waals surface area contributed by atoms with Gasteiger partial charge in [-0.1, -0.05) is 18.7 Å². The van der Waals surface area contributed by atoms with E-state index < -0.39 is 0 Å². The first kappa shape index (κ1) is 11.9. The molecule has 0 N–H and O–H groups in total. The number of esters is 1. The first-order valence-corrected chi connectivity index (χ1v) is 5.93. The summed E-state index contributed by atoms with van der Waals surface area (Å²) in [4.78, 5) is 12.5. The molecule has 0 aliphatic rings. The normalized spacial score (nSPS) is 9.73. The third-order valence-corrected chi connectivity index (χ3v) is 2.73. The van der Waals surface area contributed by atoms with Crippen molar-refractivity contribution in [2.45, 2.75) is 11.8 Å². The van der Waals surface area contributed by atoms with Crippen molar-refractivity contribution in [3.8, 4) is 0 Å². The molecule has 3 heteroatoms. The van der Waals surface area contributed by atoms with Crippen LogP contribution in [-0.4, -0.2) is 18.8 Å². The topological polar surface area (TPSA) is 26.3 Å². The maximum Gasteiger partial charge on any atom is 0.339 e. The molecule has 15 heavy (non-hydrogen) atoms. The fourth-order valence-corrected chi connectivity index (χ4v) is 1.84. The molecule has 1 aromatic carbocycles. The lowest BCUT2D eigenvalue weighted by atomic mass is 10.1. The Morgan fingerprint density at radius 3 is 2.87 bits per heavy atom. The van der Waals surface area contributed by atoms with Crippen molar-refractivity contribution in [3.63, 3.8) is 0 Å². The van der Waals surface area contributed by atoms with Crippen molar-refractivity contribution in [2.24, 2.45) is 0 Å². The average Bonchev–Trinajstić information content (AvgIpc) is 2.28. The highest BCUT2D eigenvalue weighted by molar-refractivity contribution is 7.98. The average molecular weight is 222 g/mol. The van der Waals surface area contributed by atoms with Gasteiger partial charge in [0.25, 0.3) is 0 Å². The van der Waals surface area contributed by atoms with E-state index >= 15 is 0 Å². The summed E-state index contributed by atoms with van der Waals surface area (Å²) in [7, 11) is 0. The van der Waals surface area contributed by atoms with Gasteiger partial charge < -0.3 is 4.74 Å². The highest BCUT2D eigenvalue weighted by Crippen LogP contribution is 2.23. The zero-order valence-corrected chi connectivity index (χ0v) is 9.76. The highest BCUT2D eigenvalue weighted by Gasteiger charge is 2.11. The fourth-order valence-electron chi connectivity index (χ4n) is 1.21. The number of hydrogen-bond acceptors (Lipinski definition) is 3. The molecule has 0 aliphatic heterocycles. The second kappa shape index (κ2) is 5.61. The van der Waals surface area contributed by atoms with E-state index in [0.29, 0.717) is 12.2 Å². The maximum absolute atomic E-state index is 11.6. The van der Waals surface area contributed by atoms with Gasteiger partial charge in [0.1, 0.15) is 0 Å². The lowest BCUT2D eigenvalue weighted by Crippen LogP contribution is -2.06. The lowest BCUT2D eigenvalue weighted by molar-refractivity contribution is 0.0522. The van der Waals surface area contributed by atoms with Gasteiger partial charge in [0.2, 0.25) is 0 Å². The fraction of sp³-hybridized carbons (Fsp3) is 0.250. The van der Waals surface area contributed by atoms with Gasteiger partial charge in [-0.2, -0.15) is 0 Å². The molecule has 0 saturated heterocycles. The van der Waals surface area contributed by atoms with Crippen LogP contribution < -0.4 is 0 Å². The lowest BCUT2D eigenvalue weighted by Gasteiger charge is -2.07. The first-order chi connectivity index (χ1) is 7.22. The van der Waals surface area contributed by atoms with E-state index in [9.17, 15) is 4.79 Å². The summed E-state index contributed by atoms with van der Waals surface area (Å²) in [5.41, 5.74) is 1.63. The van der Waals surface area contributed by atoms with Gasteiger partial charge in [-0.3, -0.25) is 0 Å². The van der Waals surface area contributed by atoms with Crippen LogP contribution in [0.2, 0.25) is 0 Å². The summed E-state index contributed by atoms with van der Waals surface area (Å²) in [5.74, 6) is -0.266. The van der Waals surface area contributed by atoms with Gasteiger partial charge in [-0.05, 0) is 30.9 Å². The van der Waals surface area contributed by atoms with E-state index in [2.05, 4.69) is 6.58 Å². The van der Waals surface area contributed by atoms with Gasteiger partial charge >= 0.3 is 5.97 Å². The SMILES string of the molecule is C=Cc1ccc(C(=O)OCC)c(SC)c1. The molecule has 0 unspecified atom stereocenters.